The Bertz CT molecular complexity index is 1270. The highest BCUT2D eigenvalue weighted by atomic mass is 16.6. The molecular weight excluding hydrogens is 436 g/mol. The number of non-ortho nitro benzene ring substituents is 1. The van der Waals surface area contributed by atoms with Gasteiger partial charge in [0.25, 0.3) is 5.69 Å². The van der Waals surface area contributed by atoms with Gasteiger partial charge in [0.1, 0.15) is 6.04 Å². The van der Waals surface area contributed by atoms with Crippen LogP contribution in [-0.4, -0.2) is 63.9 Å². The predicted octanol–water partition coefficient (Wildman–Crippen LogP) is 3.19. The molecule has 1 aromatic heterocycles. The number of benzene rings is 2. The van der Waals surface area contributed by atoms with Crippen molar-refractivity contribution in [1.82, 2.24) is 14.8 Å². The van der Waals surface area contributed by atoms with Crippen LogP contribution in [0.2, 0.25) is 0 Å². The van der Waals surface area contributed by atoms with Gasteiger partial charge in [0.05, 0.1) is 17.5 Å². The summed E-state index contributed by atoms with van der Waals surface area (Å²) in [6, 6.07) is 12.9. The number of piperazine rings is 1. The number of para-hydroxylation sites is 1. The van der Waals surface area contributed by atoms with E-state index in [9.17, 15) is 19.7 Å². The van der Waals surface area contributed by atoms with E-state index >= 15 is 0 Å². The summed E-state index contributed by atoms with van der Waals surface area (Å²) in [6.45, 7) is 3.51. The van der Waals surface area contributed by atoms with Crippen LogP contribution in [0, 0.1) is 10.1 Å². The molecule has 9 nitrogen and oxygen atoms in total. The molecule has 1 saturated heterocycles. The van der Waals surface area contributed by atoms with Crippen LogP contribution in [0.5, 0.6) is 0 Å². The summed E-state index contributed by atoms with van der Waals surface area (Å²) < 4.78 is 5.39. The third-order valence-electron chi connectivity index (χ3n) is 6.66. The lowest BCUT2D eigenvalue weighted by molar-refractivity contribution is -0.384. The zero-order chi connectivity index (χ0) is 23.8. The monoisotopic (exact) mass is 462 g/mol. The fourth-order valence-corrected chi connectivity index (χ4v) is 5.17. The molecule has 5 rings (SSSR count). The zero-order valence-electron chi connectivity index (χ0n) is 18.9. The summed E-state index contributed by atoms with van der Waals surface area (Å²) in [7, 11) is 0. The highest BCUT2D eigenvalue weighted by molar-refractivity contribution is 5.97. The predicted molar refractivity (Wildman–Crippen MR) is 125 cm³/mol. The SMILES string of the molecule is CCOCCCN1CC(=O)N2C(Cc3c([nH]c4ccccc34)C2c2cccc([N+](=O)[O-])c2)C1=O. The molecule has 0 bridgehead atoms. The molecule has 1 N–H and O–H groups in total. The summed E-state index contributed by atoms with van der Waals surface area (Å²) in [4.78, 5) is 44.7. The molecule has 2 aromatic carbocycles. The van der Waals surface area contributed by atoms with E-state index in [0.717, 1.165) is 22.2 Å². The minimum atomic E-state index is -0.663. The fourth-order valence-electron chi connectivity index (χ4n) is 5.17. The van der Waals surface area contributed by atoms with Gasteiger partial charge >= 0.3 is 0 Å². The Morgan fingerprint density at radius 3 is 2.79 bits per heavy atom. The molecule has 1 fully saturated rings. The molecule has 0 spiro atoms. The third-order valence-corrected chi connectivity index (χ3v) is 6.66. The van der Waals surface area contributed by atoms with Crippen LogP contribution < -0.4 is 0 Å². The van der Waals surface area contributed by atoms with Gasteiger partial charge in [-0.3, -0.25) is 19.7 Å². The lowest BCUT2D eigenvalue weighted by atomic mass is 9.86. The van der Waals surface area contributed by atoms with E-state index in [2.05, 4.69) is 4.98 Å². The molecule has 0 aliphatic carbocycles. The lowest BCUT2D eigenvalue weighted by Crippen LogP contribution is -2.63. The average Bonchev–Trinajstić information content (AvgIpc) is 3.22. The Labute approximate surface area is 196 Å². The van der Waals surface area contributed by atoms with Crippen LogP contribution >= 0.6 is 0 Å². The van der Waals surface area contributed by atoms with Gasteiger partial charge in [0, 0.05) is 54.9 Å². The number of nitrogens with zero attached hydrogens (tertiary/aromatic N) is 3. The summed E-state index contributed by atoms with van der Waals surface area (Å²) in [6.07, 6.45) is 1.06. The van der Waals surface area contributed by atoms with Gasteiger partial charge in [-0.2, -0.15) is 0 Å². The van der Waals surface area contributed by atoms with Crippen molar-refractivity contribution < 1.29 is 19.2 Å². The maximum absolute atomic E-state index is 13.6. The molecule has 2 unspecified atom stereocenters. The van der Waals surface area contributed by atoms with Crippen molar-refractivity contribution in [2.75, 3.05) is 26.3 Å². The van der Waals surface area contributed by atoms with Crippen molar-refractivity contribution in [3.05, 3.63) is 75.5 Å². The van der Waals surface area contributed by atoms with Gasteiger partial charge in [-0.05, 0) is 30.5 Å². The Kier molecular flexibility index (Phi) is 5.79. The quantitative estimate of drug-likeness (QED) is 0.330. The minimum absolute atomic E-state index is 0.0115. The molecule has 9 heteroatoms. The summed E-state index contributed by atoms with van der Waals surface area (Å²) in [5, 5.41) is 12.5. The van der Waals surface area contributed by atoms with Gasteiger partial charge in [-0.25, -0.2) is 0 Å². The van der Waals surface area contributed by atoms with Crippen molar-refractivity contribution >= 4 is 28.4 Å². The Morgan fingerprint density at radius 2 is 2.00 bits per heavy atom. The van der Waals surface area contributed by atoms with Crippen LogP contribution in [0.1, 0.15) is 36.2 Å². The first-order valence-corrected chi connectivity index (χ1v) is 11.5. The Morgan fingerprint density at radius 1 is 1.18 bits per heavy atom. The van der Waals surface area contributed by atoms with Crippen molar-refractivity contribution in [3.8, 4) is 0 Å². The second-order valence-corrected chi connectivity index (χ2v) is 8.65. The maximum atomic E-state index is 13.6. The normalized spacial score (nSPS) is 19.9. The van der Waals surface area contributed by atoms with Gasteiger partial charge in [0.2, 0.25) is 11.8 Å². The molecule has 3 aromatic rings. The van der Waals surface area contributed by atoms with E-state index in [-0.39, 0.29) is 24.0 Å². The van der Waals surface area contributed by atoms with E-state index in [1.165, 1.54) is 12.1 Å². The van der Waals surface area contributed by atoms with Crippen LogP contribution in [0.25, 0.3) is 10.9 Å². The number of nitro groups is 1. The number of amides is 2. The van der Waals surface area contributed by atoms with Gasteiger partial charge < -0.3 is 19.5 Å². The van der Waals surface area contributed by atoms with Crippen LogP contribution in [0.3, 0.4) is 0 Å². The van der Waals surface area contributed by atoms with E-state index < -0.39 is 17.0 Å². The van der Waals surface area contributed by atoms with Crippen molar-refractivity contribution in [1.29, 1.82) is 0 Å². The highest BCUT2D eigenvalue weighted by Gasteiger charge is 2.48. The minimum Gasteiger partial charge on any atom is -0.382 e. The van der Waals surface area contributed by atoms with Crippen molar-refractivity contribution in [2.45, 2.75) is 31.8 Å². The van der Waals surface area contributed by atoms with Crippen LogP contribution in [-0.2, 0) is 20.7 Å². The first-order chi connectivity index (χ1) is 16.5. The van der Waals surface area contributed by atoms with Gasteiger partial charge in [-0.15, -0.1) is 0 Å². The lowest BCUT2D eigenvalue weighted by Gasteiger charge is -2.47. The number of carbonyl (C=O) groups excluding carboxylic acids is 2. The summed E-state index contributed by atoms with van der Waals surface area (Å²) in [5.41, 5.74) is 3.26. The molecule has 2 aliphatic heterocycles. The molecule has 2 amide bonds. The number of ether oxygens (including phenoxy) is 1. The number of H-pyrrole nitrogens is 1. The average molecular weight is 463 g/mol. The second-order valence-electron chi connectivity index (χ2n) is 8.65. The molecule has 176 valence electrons. The third kappa shape index (κ3) is 3.71. The molecule has 2 atom stereocenters. The number of aromatic amines is 1. The molecule has 3 heterocycles. The molecule has 2 aliphatic rings. The number of rotatable bonds is 7. The number of hydrogen-bond donors (Lipinski definition) is 1. The summed E-state index contributed by atoms with van der Waals surface area (Å²) in [5.74, 6) is -0.260. The smallest absolute Gasteiger partial charge is 0.269 e. The number of aromatic nitrogens is 1. The van der Waals surface area contributed by atoms with Crippen LogP contribution in [0.15, 0.2) is 48.5 Å². The van der Waals surface area contributed by atoms with Crippen molar-refractivity contribution in [2.24, 2.45) is 0 Å². The van der Waals surface area contributed by atoms with E-state index in [1.54, 1.807) is 21.9 Å². The zero-order valence-corrected chi connectivity index (χ0v) is 18.9. The number of nitro benzene ring substituents is 1. The second kappa shape index (κ2) is 8.90. The Hall–Kier alpha value is -3.72. The Balaban J connectivity index is 1.59. The van der Waals surface area contributed by atoms with Gasteiger partial charge in [-0.1, -0.05) is 30.3 Å². The molecular formula is C25H26N4O5. The van der Waals surface area contributed by atoms with Crippen molar-refractivity contribution in [3.63, 3.8) is 0 Å². The number of nitrogens with one attached hydrogen (secondary N) is 1. The molecule has 34 heavy (non-hydrogen) atoms. The first kappa shape index (κ1) is 22.1. The van der Waals surface area contributed by atoms with E-state index in [1.807, 2.05) is 31.2 Å². The number of fused-ring (bicyclic) bond motifs is 4. The number of carbonyl (C=O) groups is 2. The standard InChI is InChI=1S/C25H26N4O5/c1-2-34-12-6-11-27-15-22(30)28-21(25(27)31)14-19-18-9-3-4-10-20(18)26-23(19)24(28)16-7-5-8-17(13-16)29(32)33/h3-5,7-10,13,21,24,26H,2,6,11-12,14-15H2,1H3. The van der Waals surface area contributed by atoms with Crippen LogP contribution in [0.4, 0.5) is 5.69 Å². The fraction of sp³-hybridized carbons (Fsp3) is 0.360. The molecule has 0 radical (unpaired) electrons. The maximum Gasteiger partial charge on any atom is 0.269 e. The number of hydrogen-bond acceptors (Lipinski definition) is 5. The van der Waals surface area contributed by atoms with E-state index in [4.69, 9.17) is 4.74 Å². The largest absolute Gasteiger partial charge is 0.382 e. The summed E-state index contributed by atoms with van der Waals surface area (Å²) >= 11 is 0. The van der Waals surface area contributed by atoms with Gasteiger partial charge in [0.15, 0.2) is 0 Å². The topological polar surface area (TPSA) is 109 Å². The molecule has 0 saturated carbocycles. The highest BCUT2D eigenvalue weighted by Crippen LogP contribution is 2.43. The van der Waals surface area contributed by atoms with E-state index in [0.29, 0.717) is 38.2 Å². The first-order valence-electron chi connectivity index (χ1n) is 11.5.